The average molecular weight is 496 g/mol. The van der Waals surface area contributed by atoms with E-state index >= 15 is 0 Å². The molecule has 0 spiro atoms. The zero-order chi connectivity index (χ0) is 26.2. The molecule has 0 fully saturated rings. The second kappa shape index (κ2) is 11.7. The van der Waals surface area contributed by atoms with E-state index in [1.54, 1.807) is 12.1 Å². The number of amides is 1. The molecular formula is C22H23F3N4O6. The lowest BCUT2D eigenvalue weighted by Crippen LogP contribution is -2.40. The van der Waals surface area contributed by atoms with Crippen LogP contribution in [-0.2, 0) is 29.2 Å². The van der Waals surface area contributed by atoms with Gasteiger partial charge in [-0.1, -0.05) is 24.3 Å². The van der Waals surface area contributed by atoms with E-state index in [4.69, 9.17) is 31.2 Å². The van der Waals surface area contributed by atoms with Crippen molar-refractivity contribution in [3.05, 3.63) is 64.7 Å². The number of carbonyl (C=O) groups excluding carboxylic acids is 1. The number of rotatable bonds is 7. The molecule has 0 bridgehead atoms. The van der Waals surface area contributed by atoms with Crippen molar-refractivity contribution >= 4 is 23.8 Å². The summed E-state index contributed by atoms with van der Waals surface area (Å²) in [5, 5.41) is 16.0. The van der Waals surface area contributed by atoms with Gasteiger partial charge in [-0.3, -0.25) is 9.59 Å². The fraction of sp³-hybridized carbons (Fsp3) is 0.273. The van der Waals surface area contributed by atoms with Gasteiger partial charge in [-0.15, -0.1) is 0 Å². The molecule has 0 saturated carbocycles. The van der Waals surface area contributed by atoms with E-state index in [-0.39, 0.29) is 18.4 Å². The lowest BCUT2D eigenvalue weighted by atomic mass is 9.98. The minimum Gasteiger partial charge on any atom is -0.489 e. The summed E-state index contributed by atoms with van der Waals surface area (Å²) in [7, 11) is 0. The number of carboxylic acids is 2. The molecule has 13 heteroatoms. The number of alkyl halides is 3. The molecule has 1 heterocycles. The van der Waals surface area contributed by atoms with E-state index in [0.717, 1.165) is 16.7 Å². The smallest absolute Gasteiger partial charge is 0.489 e. The third-order valence-corrected chi connectivity index (χ3v) is 4.69. The first-order valence-electron chi connectivity index (χ1n) is 10.1. The maximum Gasteiger partial charge on any atom is 0.490 e. The number of aliphatic carboxylic acids is 2. The standard InChI is InChI=1S/C20H22N4O4.C2HF3O2/c21-20(22)23-10-13-1-3-14(4-2-13)12-28-16-5-6-17-15(9-16)7-8-24(19(17)27)11-18(25)26;3-2(4,5)1(6)7/h1-6,9H,7-8,10-12H2,(H,25,26)(H4,21,22,23);(H,6,7). The Morgan fingerprint density at radius 1 is 1.06 bits per heavy atom. The number of halogens is 3. The highest BCUT2D eigenvalue weighted by Crippen LogP contribution is 2.24. The second-order valence-electron chi connectivity index (χ2n) is 7.34. The summed E-state index contributed by atoms with van der Waals surface area (Å²) in [4.78, 5) is 37.4. The van der Waals surface area contributed by atoms with Crippen LogP contribution < -0.4 is 16.2 Å². The van der Waals surface area contributed by atoms with Crippen molar-refractivity contribution in [3.8, 4) is 5.75 Å². The molecule has 6 N–H and O–H groups in total. The first-order chi connectivity index (χ1) is 16.4. The largest absolute Gasteiger partial charge is 0.490 e. The summed E-state index contributed by atoms with van der Waals surface area (Å²) >= 11 is 0. The molecule has 188 valence electrons. The molecule has 0 atom stereocenters. The Morgan fingerprint density at radius 3 is 2.20 bits per heavy atom. The van der Waals surface area contributed by atoms with E-state index in [0.29, 0.717) is 37.4 Å². The number of hydrogen-bond acceptors (Lipinski definition) is 5. The minimum absolute atomic E-state index is 0.0596. The van der Waals surface area contributed by atoms with Crippen molar-refractivity contribution in [1.29, 1.82) is 0 Å². The summed E-state index contributed by atoms with van der Waals surface area (Å²) in [6.45, 7) is 0.927. The molecule has 0 saturated heterocycles. The van der Waals surface area contributed by atoms with Crippen LogP contribution in [0.25, 0.3) is 0 Å². The van der Waals surface area contributed by atoms with Crippen molar-refractivity contribution in [3.63, 3.8) is 0 Å². The number of benzene rings is 2. The number of nitrogens with two attached hydrogens (primary N) is 2. The number of carboxylic acid groups (broad SMARTS) is 2. The quantitative estimate of drug-likeness (QED) is 0.332. The Kier molecular flexibility index (Phi) is 9.03. The number of guanidine groups is 1. The van der Waals surface area contributed by atoms with E-state index in [1.807, 2.05) is 30.3 Å². The van der Waals surface area contributed by atoms with Crippen molar-refractivity contribution in [2.24, 2.45) is 16.5 Å². The molecule has 35 heavy (non-hydrogen) atoms. The molecule has 3 rings (SSSR count). The molecule has 0 aliphatic carbocycles. The minimum atomic E-state index is -5.08. The summed E-state index contributed by atoms with van der Waals surface area (Å²) in [6.07, 6.45) is -4.48. The van der Waals surface area contributed by atoms with Gasteiger partial charge in [0.15, 0.2) is 5.96 Å². The van der Waals surface area contributed by atoms with Gasteiger partial charge in [0, 0.05) is 12.1 Å². The van der Waals surface area contributed by atoms with Gasteiger partial charge in [0.25, 0.3) is 5.91 Å². The highest BCUT2D eigenvalue weighted by molar-refractivity contribution is 5.98. The third kappa shape index (κ3) is 8.53. The van der Waals surface area contributed by atoms with Crippen LogP contribution in [0.5, 0.6) is 5.75 Å². The molecule has 2 aromatic carbocycles. The van der Waals surface area contributed by atoms with Gasteiger partial charge < -0.3 is 31.3 Å². The molecule has 1 aliphatic heterocycles. The van der Waals surface area contributed by atoms with E-state index in [1.165, 1.54) is 4.90 Å². The lowest BCUT2D eigenvalue weighted by molar-refractivity contribution is -0.192. The van der Waals surface area contributed by atoms with Crippen LogP contribution in [0.3, 0.4) is 0 Å². The molecule has 2 aromatic rings. The highest BCUT2D eigenvalue weighted by Gasteiger charge is 2.38. The summed E-state index contributed by atoms with van der Waals surface area (Å²) < 4.78 is 37.6. The Morgan fingerprint density at radius 2 is 1.66 bits per heavy atom. The first-order valence-corrected chi connectivity index (χ1v) is 10.1. The van der Waals surface area contributed by atoms with Crippen molar-refractivity contribution in [2.75, 3.05) is 13.1 Å². The Balaban J connectivity index is 0.000000540. The number of nitrogens with zero attached hydrogens (tertiary/aromatic N) is 2. The normalized spacial score (nSPS) is 12.7. The van der Waals surface area contributed by atoms with E-state index in [9.17, 15) is 22.8 Å². The number of carbonyl (C=O) groups is 3. The highest BCUT2D eigenvalue weighted by atomic mass is 19.4. The van der Waals surface area contributed by atoms with Crippen LogP contribution in [0.4, 0.5) is 13.2 Å². The average Bonchev–Trinajstić information content (AvgIpc) is 2.78. The maximum absolute atomic E-state index is 12.4. The number of ether oxygens (including phenoxy) is 1. The fourth-order valence-corrected chi connectivity index (χ4v) is 3.01. The molecule has 0 aromatic heterocycles. The summed E-state index contributed by atoms with van der Waals surface area (Å²) in [5.41, 5.74) is 14.0. The van der Waals surface area contributed by atoms with Crippen LogP contribution in [0.15, 0.2) is 47.5 Å². The SMILES string of the molecule is NC(N)=NCc1ccc(COc2ccc3c(c2)CCN(CC(=O)O)C3=O)cc1.O=C(O)C(F)(F)F. The van der Waals surface area contributed by atoms with Gasteiger partial charge in [0.1, 0.15) is 18.9 Å². The predicted molar refractivity (Wildman–Crippen MR) is 118 cm³/mol. The van der Waals surface area contributed by atoms with E-state index < -0.39 is 18.1 Å². The number of fused-ring (bicyclic) bond motifs is 1. The first kappa shape index (κ1) is 27.0. The Hall–Kier alpha value is -4.29. The van der Waals surface area contributed by atoms with Crippen molar-refractivity contribution in [1.82, 2.24) is 4.90 Å². The molecule has 0 radical (unpaired) electrons. The van der Waals surface area contributed by atoms with Crippen LogP contribution in [0.1, 0.15) is 27.0 Å². The molecular weight excluding hydrogens is 473 g/mol. The van der Waals surface area contributed by atoms with Gasteiger partial charge in [0.2, 0.25) is 0 Å². The van der Waals surface area contributed by atoms with E-state index in [2.05, 4.69) is 4.99 Å². The van der Waals surface area contributed by atoms with Crippen LogP contribution >= 0.6 is 0 Å². The fourth-order valence-electron chi connectivity index (χ4n) is 3.01. The van der Waals surface area contributed by atoms with Gasteiger partial charge in [0.05, 0.1) is 6.54 Å². The summed E-state index contributed by atoms with van der Waals surface area (Å²) in [6, 6.07) is 13.0. The summed E-state index contributed by atoms with van der Waals surface area (Å²) in [5.74, 6) is -3.30. The number of aliphatic imine (C=N–C) groups is 1. The zero-order valence-corrected chi connectivity index (χ0v) is 18.3. The third-order valence-electron chi connectivity index (χ3n) is 4.69. The maximum atomic E-state index is 12.4. The monoisotopic (exact) mass is 496 g/mol. The van der Waals surface area contributed by atoms with Crippen LogP contribution in [0, 0.1) is 0 Å². The Labute approximate surface area is 197 Å². The van der Waals surface area contributed by atoms with Crippen molar-refractivity contribution in [2.45, 2.75) is 25.7 Å². The zero-order valence-electron chi connectivity index (χ0n) is 18.3. The molecule has 10 nitrogen and oxygen atoms in total. The van der Waals surface area contributed by atoms with Gasteiger partial charge >= 0.3 is 18.1 Å². The lowest BCUT2D eigenvalue weighted by Gasteiger charge is -2.27. The Bertz CT molecular complexity index is 1100. The molecule has 1 amide bonds. The van der Waals surface area contributed by atoms with Crippen molar-refractivity contribution < 1.29 is 42.5 Å². The van der Waals surface area contributed by atoms with Gasteiger partial charge in [-0.2, -0.15) is 13.2 Å². The molecule has 1 aliphatic rings. The molecule has 0 unspecified atom stereocenters. The van der Waals surface area contributed by atoms with Gasteiger partial charge in [-0.25, -0.2) is 9.79 Å². The van der Waals surface area contributed by atoms with Crippen LogP contribution in [-0.4, -0.2) is 58.2 Å². The predicted octanol–water partition coefficient (Wildman–Crippen LogP) is 1.76. The number of hydrogen-bond donors (Lipinski definition) is 4. The van der Waals surface area contributed by atoms with Gasteiger partial charge in [-0.05, 0) is 41.3 Å². The topological polar surface area (TPSA) is 169 Å². The van der Waals surface area contributed by atoms with Crippen LogP contribution in [0.2, 0.25) is 0 Å². The second-order valence-corrected chi connectivity index (χ2v) is 7.34.